The lowest BCUT2D eigenvalue weighted by Gasteiger charge is -2.29. The van der Waals surface area contributed by atoms with Crippen molar-refractivity contribution in [3.8, 4) is 17.2 Å². The topological polar surface area (TPSA) is 77.1 Å². The summed E-state index contributed by atoms with van der Waals surface area (Å²) in [5.41, 5.74) is 0.965. The molecule has 1 aromatic carbocycles. The highest BCUT2D eigenvalue weighted by Crippen LogP contribution is 2.41. The second-order valence-electron chi connectivity index (χ2n) is 5.64. The van der Waals surface area contributed by atoms with Crippen LogP contribution in [0.3, 0.4) is 0 Å². The molecule has 0 aromatic heterocycles. The smallest absolute Gasteiger partial charge is 0.308 e. The Bertz CT molecular complexity index is 624. The van der Waals surface area contributed by atoms with Gasteiger partial charge in [-0.15, -0.1) is 0 Å². The van der Waals surface area contributed by atoms with Crippen molar-refractivity contribution in [2.45, 2.75) is 20.4 Å². The monoisotopic (exact) mass is 336 g/mol. The van der Waals surface area contributed by atoms with Gasteiger partial charge in [0.2, 0.25) is 0 Å². The molecule has 2 rings (SSSR count). The van der Waals surface area contributed by atoms with Crippen LogP contribution in [-0.2, 0) is 11.3 Å². The first-order chi connectivity index (χ1) is 11.5. The number of carbonyl (C=O) groups is 2. The number of ketones is 1. The van der Waals surface area contributed by atoms with Crippen LogP contribution in [0.1, 0.15) is 29.8 Å². The van der Waals surface area contributed by atoms with Crippen molar-refractivity contribution < 1.29 is 23.8 Å². The van der Waals surface area contributed by atoms with Crippen LogP contribution in [0.25, 0.3) is 0 Å². The van der Waals surface area contributed by atoms with Crippen molar-refractivity contribution in [2.75, 3.05) is 40.4 Å². The SMILES string of the molecule is COc1cc(C(C)=O)c(OC(C)=O)c(CN2CCNCC2)c1OC. The lowest BCUT2D eigenvalue weighted by Crippen LogP contribution is -2.43. The van der Waals surface area contributed by atoms with Crippen molar-refractivity contribution in [2.24, 2.45) is 0 Å². The quantitative estimate of drug-likeness (QED) is 0.476. The van der Waals surface area contributed by atoms with Gasteiger partial charge in [0.1, 0.15) is 5.75 Å². The summed E-state index contributed by atoms with van der Waals surface area (Å²) in [5, 5.41) is 3.29. The second kappa shape index (κ2) is 8.12. The number of carbonyl (C=O) groups excluding carboxylic acids is 2. The summed E-state index contributed by atoms with van der Waals surface area (Å²) in [7, 11) is 3.05. The fourth-order valence-corrected chi connectivity index (χ4v) is 2.81. The number of nitrogens with zero attached hydrogens (tertiary/aromatic N) is 1. The molecule has 1 aliphatic rings. The summed E-state index contributed by atoms with van der Waals surface area (Å²) in [5.74, 6) is 0.507. The number of ether oxygens (including phenoxy) is 3. The minimum Gasteiger partial charge on any atom is -0.493 e. The Morgan fingerprint density at radius 2 is 1.79 bits per heavy atom. The van der Waals surface area contributed by atoms with Crippen LogP contribution in [0.15, 0.2) is 6.07 Å². The number of rotatable bonds is 6. The van der Waals surface area contributed by atoms with E-state index in [1.807, 2.05) is 0 Å². The van der Waals surface area contributed by atoms with E-state index in [1.165, 1.54) is 28.1 Å². The molecule has 0 radical (unpaired) electrons. The lowest BCUT2D eigenvalue weighted by atomic mass is 10.0. The molecule has 24 heavy (non-hydrogen) atoms. The van der Waals surface area contributed by atoms with Crippen LogP contribution in [0.5, 0.6) is 17.2 Å². The molecule has 132 valence electrons. The Morgan fingerprint density at radius 1 is 1.12 bits per heavy atom. The zero-order chi connectivity index (χ0) is 17.7. The fraction of sp³-hybridized carbons (Fsp3) is 0.529. The van der Waals surface area contributed by atoms with Crippen LogP contribution >= 0.6 is 0 Å². The van der Waals surface area contributed by atoms with Crippen molar-refractivity contribution in [1.82, 2.24) is 10.2 Å². The average molecular weight is 336 g/mol. The van der Waals surface area contributed by atoms with Gasteiger partial charge in [-0.2, -0.15) is 0 Å². The van der Waals surface area contributed by atoms with E-state index in [1.54, 1.807) is 6.07 Å². The molecular weight excluding hydrogens is 312 g/mol. The second-order valence-corrected chi connectivity index (χ2v) is 5.64. The summed E-state index contributed by atoms with van der Waals surface area (Å²) >= 11 is 0. The first-order valence-corrected chi connectivity index (χ1v) is 7.88. The van der Waals surface area contributed by atoms with Gasteiger partial charge in [-0.3, -0.25) is 14.5 Å². The molecular formula is C17H24N2O5. The number of Topliss-reactive ketones (excluding diaryl/α,β-unsaturated/α-hetero) is 1. The molecule has 1 N–H and O–H groups in total. The molecule has 1 aromatic rings. The molecule has 1 aliphatic heterocycles. The van der Waals surface area contributed by atoms with Gasteiger partial charge in [-0.05, 0) is 13.0 Å². The Hall–Kier alpha value is -2.12. The normalized spacial score (nSPS) is 15.0. The van der Waals surface area contributed by atoms with Gasteiger partial charge in [0, 0.05) is 39.6 Å². The minimum atomic E-state index is -0.480. The molecule has 0 atom stereocenters. The number of hydrogen-bond acceptors (Lipinski definition) is 7. The van der Waals surface area contributed by atoms with E-state index >= 15 is 0 Å². The van der Waals surface area contributed by atoms with Gasteiger partial charge >= 0.3 is 5.97 Å². The van der Waals surface area contributed by atoms with E-state index < -0.39 is 5.97 Å². The highest BCUT2D eigenvalue weighted by atomic mass is 16.5. The Labute approximate surface area is 141 Å². The summed E-state index contributed by atoms with van der Waals surface area (Å²) in [6, 6.07) is 1.56. The summed E-state index contributed by atoms with van der Waals surface area (Å²) in [6.07, 6.45) is 0. The molecule has 0 saturated carbocycles. The predicted octanol–water partition coefficient (Wildman–Crippen LogP) is 1.24. The van der Waals surface area contributed by atoms with Crippen LogP contribution in [-0.4, -0.2) is 57.1 Å². The van der Waals surface area contributed by atoms with Crippen LogP contribution in [0.4, 0.5) is 0 Å². The molecule has 7 heteroatoms. The van der Waals surface area contributed by atoms with Crippen LogP contribution < -0.4 is 19.5 Å². The Balaban J connectivity index is 2.57. The van der Waals surface area contributed by atoms with Crippen molar-refractivity contribution in [3.63, 3.8) is 0 Å². The molecule has 7 nitrogen and oxygen atoms in total. The van der Waals surface area contributed by atoms with Gasteiger partial charge in [0.15, 0.2) is 17.3 Å². The Morgan fingerprint density at radius 3 is 2.29 bits per heavy atom. The van der Waals surface area contributed by atoms with Crippen LogP contribution in [0.2, 0.25) is 0 Å². The molecule has 0 amide bonds. The van der Waals surface area contributed by atoms with Gasteiger partial charge < -0.3 is 19.5 Å². The molecule has 0 aliphatic carbocycles. The van der Waals surface area contributed by atoms with Gasteiger partial charge in [-0.25, -0.2) is 0 Å². The summed E-state index contributed by atoms with van der Waals surface area (Å²) < 4.78 is 16.2. The van der Waals surface area contributed by atoms with E-state index in [-0.39, 0.29) is 11.5 Å². The number of piperazine rings is 1. The van der Waals surface area contributed by atoms with Crippen molar-refractivity contribution in [1.29, 1.82) is 0 Å². The van der Waals surface area contributed by atoms with E-state index in [0.29, 0.717) is 29.2 Å². The first kappa shape index (κ1) is 18.2. The summed E-state index contributed by atoms with van der Waals surface area (Å²) in [4.78, 5) is 25.8. The number of hydrogen-bond donors (Lipinski definition) is 1. The third kappa shape index (κ3) is 4.04. The number of benzene rings is 1. The Kier molecular flexibility index (Phi) is 6.16. The average Bonchev–Trinajstić information content (AvgIpc) is 2.56. The molecule has 0 unspecified atom stereocenters. The van der Waals surface area contributed by atoms with Crippen molar-refractivity contribution in [3.05, 3.63) is 17.2 Å². The van der Waals surface area contributed by atoms with Gasteiger partial charge in [0.25, 0.3) is 0 Å². The molecule has 1 heterocycles. The molecule has 1 fully saturated rings. The van der Waals surface area contributed by atoms with E-state index in [4.69, 9.17) is 14.2 Å². The third-order valence-electron chi connectivity index (χ3n) is 3.93. The lowest BCUT2D eigenvalue weighted by molar-refractivity contribution is -0.131. The highest BCUT2D eigenvalue weighted by Gasteiger charge is 2.26. The zero-order valence-electron chi connectivity index (χ0n) is 14.6. The molecule has 1 saturated heterocycles. The maximum Gasteiger partial charge on any atom is 0.308 e. The zero-order valence-corrected chi connectivity index (χ0v) is 14.6. The minimum absolute atomic E-state index is 0.200. The highest BCUT2D eigenvalue weighted by molar-refractivity contribution is 5.99. The fourth-order valence-electron chi connectivity index (χ4n) is 2.81. The standard InChI is InChI=1S/C17H24N2O5/c1-11(20)13-9-15(22-3)17(23-4)14(16(13)24-12(2)21)10-19-7-5-18-6-8-19/h9,18H,5-8,10H2,1-4H3. The summed E-state index contributed by atoms with van der Waals surface area (Å²) in [6.45, 7) is 6.73. The van der Waals surface area contributed by atoms with Gasteiger partial charge in [0.05, 0.1) is 25.3 Å². The maximum absolute atomic E-state index is 12.0. The third-order valence-corrected chi connectivity index (χ3v) is 3.93. The maximum atomic E-state index is 12.0. The van der Waals surface area contributed by atoms with Gasteiger partial charge in [-0.1, -0.05) is 0 Å². The van der Waals surface area contributed by atoms with Crippen LogP contribution in [0, 0.1) is 0 Å². The van der Waals surface area contributed by atoms with E-state index in [2.05, 4.69) is 10.2 Å². The number of nitrogens with one attached hydrogen (secondary N) is 1. The number of methoxy groups -OCH3 is 2. The molecule has 0 bridgehead atoms. The number of esters is 1. The van der Waals surface area contributed by atoms with E-state index in [9.17, 15) is 9.59 Å². The van der Waals surface area contributed by atoms with E-state index in [0.717, 1.165) is 26.2 Å². The largest absolute Gasteiger partial charge is 0.493 e. The van der Waals surface area contributed by atoms with Crippen molar-refractivity contribution >= 4 is 11.8 Å². The first-order valence-electron chi connectivity index (χ1n) is 7.88. The molecule has 0 spiro atoms. The predicted molar refractivity (Wildman–Crippen MR) is 89.0 cm³/mol.